The highest BCUT2D eigenvalue weighted by Crippen LogP contribution is 2.12. The van der Waals surface area contributed by atoms with E-state index in [0.29, 0.717) is 17.8 Å². The topological polar surface area (TPSA) is 64.0 Å². The van der Waals surface area contributed by atoms with E-state index in [9.17, 15) is 9.59 Å². The monoisotopic (exact) mass is 335 g/mol. The lowest BCUT2D eigenvalue weighted by atomic mass is 10.2. The van der Waals surface area contributed by atoms with Crippen molar-refractivity contribution in [1.29, 1.82) is 0 Å². The van der Waals surface area contributed by atoms with E-state index in [1.54, 1.807) is 29.1 Å². The van der Waals surface area contributed by atoms with E-state index < -0.39 is 0 Å². The summed E-state index contributed by atoms with van der Waals surface area (Å²) in [6.45, 7) is 2.62. The maximum atomic E-state index is 12.1. The van der Waals surface area contributed by atoms with Crippen LogP contribution in [0.2, 0.25) is 0 Å². The van der Waals surface area contributed by atoms with Crippen LogP contribution >= 0.6 is 15.9 Å². The number of amides is 1. The van der Waals surface area contributed by atoms with Gasteiger partial charge < -0.3 is 9.88 Å². The van der Waals surface area contributed by atoms with Crippen molar-refractivity contribution in [3.63, 3.8) is 0 Å². The minimum atomic E-state index is -0.263. The van der Waals surface area contributed by atoms with Crippen molar-refractivity contribution < 1.29 is 4.79 Å². The number of anilines is 1. The first kappa shape index (κ1) is 14.5. The molecule has 6 heteroatoms. The third-order valence-corrected chi connectivity index (χ3v) is 3.11. The molecule has 1 amide bonds. The maximum absolute atomic E-state index is 12.1. The number of halogens is 1. The highest BCUT2D eigenvalue weighted by molar-refractivity contribution is 9.10. The van der Waals surface area contributed by atoms with Crippen molar-refractivity contribution in [3.05, 3.63) is 57.2 Å². The van der Waals surface area contributed by atoms with Gasteiger partial charge in [-0.2, -0.15) is 0 Å². The molecular formula is C14H14BrN3O2. The first-order valence-electron chi connectivity index (χ1n) is 6.22. The Kier molecular flexibility index (Phi) is 4.68. The van der Waals surface area contributed by atoms with Crippen LogP contribution in [0, 0.1) is 0 Å². The number of nitrogens with zero attached hydrogens (tertiary/aromatic N) is 2. The van der Waals surface area contributed by atoms with E-state index in [4.69, 9.17) is 0 Å². The van der Waals surface area contributed by atoms with Gasteiger partial charge in [0.05, 0.1) is 11.3 Å². The highest BCUT2D eigenvalue weighted by atomic mass is 79.9. The molecule has 2 rings (SSSR count). The smallest absolute Gasteiger partial charge is 0.257 e. The number of carbonyl (C=O) groups is 1. The number of rotatable bonds is 4. The molecule has 0 atom stereocenters. The zero-order chi connectivity index (χ0) is 14.5. The van der Waals surface area contributed by atoms with Crippen molar-refractivity contribution in [2.45, 2.75) is 19.9 Å². The summed E-state index contributed by atoms with van der Waals surface area (Å²) in [5.41, 5.74) is 0.963. The lowest BCUT2D eigenvalue weighted by Crippen LogP contribution is -2.20. The minimum absolute atomic E-state index is 0.0750. The molecule has 5 nitrogen and oxygen atoms in total. The van der Waals surface area contributed by atoms with Gasteiger partial charge in [0.2, 0.25) is 0 Å². The van der Waals surface area contributed by atoms with Gasteiger partial charge in [0.15, 0.2) is 0 Å². The molecule has 0 aliphatic rings. The first-order valence-corrected chi connectivity index (χ1v) is 7.02. The third kappa shape index (κ3) is 3.54. The summed E-state index contributed by atoms with van der Waals surface area (Å²) in [5, 5.41) is 2.75. The Balaban J connectivity index is 2.19. The molecule has 1 N–H and O–H groups in total. The Morgan fingerprint density at radius 3 is 2.90 bits per heavy atom. The molecule has 0 aliphatic carbocycles. The molecule has 2 aromatic rings. The second-order valence-electron chi connectivity index (χ2n) is 4.30. The van der Waals surface area contributed by atoms with Crippen LogP contribution in [-0.2, 0) is 6.54 Å². The van der Waals surface area contributed by atoms with Gasteiger partial charge in [-0.3, -0.25) is 14.6 Å². The molecule has 0 aliphatic heterocycles. The molecule has 0 radical (unpaired) electrons. The fraction of sp³-hybridized carbons (Fsp3) is 0.214. The number of carbonyl (C=O) groups excluding carboxylic acids is 1. The van der Waals surface area contributed by atoms with Gasteiger partial charge in [-0.1, -0.05) is 6.92 Å². The summed E-state index contributed by atoms with van der Waals surface area (Å²) in [5.74, 6) is -0.263. The van der Waals surface area contributed by atoms with Crippen molar-refractivity contribution in [2.75, 3.05) is 5.32 Å². The lowest BCUT2D eigenvalue weighted by Gasteiger charge is -2.08. The minimum Gasteiger partial charge on any atom is -0.321 e. The van der Waals surface area contributed by atoms with E-state index in [-0.39, 0.29) is 11.5 Å². The molecule has 0 aromatic carbocycles. The molecule has 20 heavy (non-hydrogen) atoms. The molecule has 104 valence electrons. The molecule has 0 fully saturated rings. The van der Waals surface area contributed by atoms with Crippen molar-refractivity contribution in [3.8, 4) is 0 Å². The number of nitrogens with one attached hydrogen (secondary N) is 1. The summed E-state index contributed by atoms with van der Waals surface area (Å²) in [7, 11) is 0. The van der Waals surface area contributed by atoms with E-state index in [1.165, 1.54) is 12.3 Å². The maximum Gasteiger partial charge on any atom is 0.257 e. The van der Waals surface area contributed by atoms with Crippen LogP contribution in [0.3, 0.4) is 0 Å². The van der Waals surface area contributed by atoms with Gasteiger partial charge in [0, 0.05) is 35.7 Å². The molecule has 2 aromatic heterocycles. The fourth-order valence-electron chi connectivity index (χ4n) is 1.76. The number of hydrogen-bond donors (Lipinski definition) is 1. The molecule has 0 spiro atoms. The Labute approximate surface area is 124 Å². The Morgan fingerprint density at radius 2 is 2.20 bits per heavy atom. The van der Waals surface area contributed by atoms with Gasteiger partial charge in [0.25, 0.3) is 11.5 Å². The molecule has 2 heterocycles. The number of aryl methyl sites for hydroxylation is 1. The van der Waals surface area contributed by atoms with Crippen molar-refractivity contribution in [1.82, 2.24) is 9.55 Å². The van der Waals surface area contributed by atoms with Crippen LogP contribution in [0.15, 0.2) is 46.1 Å². The van der Waals surface area contributed by atoms with Gasteiger partial charge >= 0.3 is 0 Å². The largest absolute Gasteiger partial charge is 0.321 e. The normalized spacial score (nSPS) is 10.3. The Hall–Kier alpha value is -1.95. The predicted molar refractivity (Wildman–Crippen MR) is 80.9 cm³/mol. The molecule has 0 bridgehead atoms. The zero-order valence-corrected chi connectivity index (χ0v) is 12.6. The first-order chi connectivity index (χ1) is 9.60. The average Bonchev–Trinajstić information content (AvgIpc) is 2.43. The SMILES string of the molecule is CCCn1cc(NC(=O)c2cncc(Br)c2)ccc1=O. The number of pyridine rings is 2. The molecular weight excluding hydrogens is 322 g/mol. The average molecular weight is 336 g/mol. The zero-order valence-electron chi connectivity index (χ0n) is 11.0. The molecule has 0 unspecified atom stereocenters. The van der Waals surface area contributed by atoms with Gasteiger partial charge in [-0.05, 0) is 34.5 Å². The van der Waals surface area contributed by atoms with E-state index >= 15 is 0 Å². The van der Waals surface area contributed by atoms with E-state index in [0.717, 1.165) is 10.9 Å². The lowest BCUT2D eigenvalue weighted by molar-refractivity contribution is 0.102. The molecule has 0 saturated carbocycles. The van der Waals surface area contributed by atoms with Crippen molar-refractivity contribution in [2.24, 2.45) is 0 Å². The fourth-order valence-corrected chi connectivity index (χ4v) is 2.13. The van der Waals surface area contributed by atoms with Crippen LogP contribution in [0.4, 0.5) is 5.69 Å². The van der Waals surface area contributed by atoms with Gasteiger partial charge in [-0.25, -0.2) is 0 Å². The second kappa shape index (κ2) is 6.47. The quantitative estimate of drug-likeness (QED) is 0.934. The van der Waals surface area contributed by atoms with Crippen LogP contribution in [-0.4, -0.2) is 15.5 Å². The van der Waals surface area contributed by atoms with E-state index in [2.05, 4.69) is 26.2 Å². The summed E-state index contributed by atoms with van der Waals surface area (Å²) in [6.07, 6.45) is 5.60. The standard InChI is InChI=1S/C14H14BrN3O2/c1-2-5-18-9-12(3-4-13(18)19)17-14(20)10-6-11(15)8-16-7-10/h3-4,6-9H,2,5H2,1H3,(H,17,20). The Bertz CT molecular complexity index is 682. The third-order valence-electron chi connectivity index (χ3n) is 2.67. The highest BCUT2D eigenvalue weighted by Gasteiger charge is 2.07. The Morgan fingerprint density at radius 1 is 1.40 bits per heavy atom. The predicted octanol–water partition coefficient (Wildman–Crippen LogP) is 2.67. The second-order valence-corrected chi connectivity index (χ2v) is 5.21. The summed E-state index contributed by atoms with van der Waals surface area (Å²) < 4.78 is 2.32. The van der Waals surface area contributed by atoms with Crippen molar-refractivity contribution >= 4 is 27.5 Å². The van der Waals surface area contributed by atoms with Crippen LogP contribution in [0.25, 0.3) is 0 Å². The summed E-state index contributed by atoms with van der Waals surface area (Å²) >= 11 is 3.27. The van der Waals surface area contributed by atoms with Gasteiger partial charge in [0.1, 0.15) is 0 Å². The van der Waals surface area contributed by atoms with Gasteiger partial charge in [-0.15, -0.1) is 0 Å². The summed E-state index contributed by atoms with van der Waals surface area (Å²) in [4.78, 5) is 27.6. The van der Waals surface area contributed by atoms with Crippen LogP contribution in [0.5, 0.6) is 0 Å². The number of hydrogen-bond acceptors (Lipinski definition) is 3. The number of aromatic nitrogens is 2. The van der Waals surface area contributed by atoms with E-state index in [1.807, 2.05) is 6.92 Å². The van der Waals surface area contributed by atoms with Crippen LogP contribution in [0.1, 0.15) is 23.7 Å². The molecule has 0 saturated heterocycles. The summed E-state index contributed by atoms with van der Waals surface area (Å²) in [6, 6.07) is 4.73. The van der Waals surface area contributed by atoms with Crippen LogP contribution < -0.4 is 10.9 Å².